The van der Waals surface area contributed by atoms with Crippen LogP contribution in [0.15, 0.2) is 17.3 Å². The third-order valence-electron chi connectivity index (χ3n) is 2.94. The molecule has 1 aromatic heterocycles. The predicted molar refractivity (Wildman–Crippen MR) is 93.5 cm³/mol. The van der Waals surface area contributed by atoms with Crippen molar-refractivity contribution in [1.82, 2.24) is 25.5 Å². The molecule has 6 nitrogen and oxygen atoms in total. The Bertz CT molecular complexity index is 638. The molecule has 0 amide bonds. The van der Waals surface area contributed by atoms with Crippen LogP contribution in [0.5, 0.6) is 5.75 Å². The van der Waals surface area contributed by atoms with Gasteiger partial charge in [0.15, 0.2) is 0 Å². The van der Waals surface area contributed by atoms with Gasteiger partial charge in [0, 0.05) is 36.5 Å². The summed E-state index contributed by atoms with van der Waals surface area (Å²) < 4.78 is 7.39. The number of nitrogens with zero attached hydrogens (tertiary/aromatic N) is 4. The number of aromatic nitrogens is 4. The summed E-state index contributed by atoms with van der Waals surface area (Å²) in [4.78, 5) is 0. The van der Waals surface area contributed by atoms with Gasteiger partial charge in [0.05, 0.1) is 11.6 Å². The van der Waals surface area contributed by atoms with E-state index in [9.17, 15) is 0 Å². The molecule has 0 aliphatic rings. The highest BCUT2D eigenvalue weighted by Crippen LogP contribution is 2.32. The fourth-order valence-corrected chi connectivity index (χ4v) is 3.23. The van der Waals surface area contributed by atoms with Crippen LogP contribution in [-0.2, 0) is 13.6 Å². The standard InChI is InChI=1S/C14H19Cl2N5OS/c1-3-5-22-13-10(7-11(15)8-12(13)16)9-17-4-6-23-14-18-19-20-21(14)2/h7-8,17H,3-6,9H2,1-2H3. The van der Waals surface area contributed by atoms with Gasteiger partial charge in [-0.1, -0.05) is 41.9 Å². The molecule has 2 rings (SSSR count). The van der Waals surface area contributed by atoms with Crippen LogP contribution in [0, 0.1) is 0 Å². The Kier molecular flexibility index (Phi) is 7.42. The van der Waals surface area contributed by atoms with Crippen molar-refractivity contribution in [1.29, 1.82) is 0 Å². The molecule has 1 N–H and O–H groups in total. The van der Waals surface area contributed by atoms with Crippen LogP contribution in [0.3, 0.4) is 0 Å². The van der Waals surface area contributed by atoms with Gasteiger partial charge >= 0.3 is 0 Å². The smallest absolute Gasteiger partial charge is 0.209 e. The number of ether oxygens (including phenoxy) is 1. The lowest BCUT2D eigenvalue weighted by atomic mass is 10.2. The molecule has 2 aromatic rings. The number of aryl methyl sites for hydroxylation is 1. The Hall–Kier alpha value is -1.02. The van der Waals surface area contributed by atoms with Crippen LogP contribution < -0.4 is 10.1 Å². The van der Waals surface area contributed by atoms with Crippen LogP contribution in [-0.4, -0.2) is 39.1 Å². The van der Waals surface area contributed by atoms with Crippen molar-refractivity contribution in [3.63, 3.8) is 0 Å². The normalized spacial score (nSPS) is 11.0. The molecule has 23 heavy (non-hydrogen) atoms. The third-order valence-corrected chi connectivity index (χ3v) is 4.45. The van der Waals surface area contributed by atoms with E-state index in [1.54, 1.807) is 22.5 Å². The maximum Gasteiger partial charge on any atom is 0.209 e. The lowest BCUT2D eigenvalue weighted by molar-refractivity contribution is 0.313. The van der Waals surface area contributed by atoms with Crippen LogP contribution >= 0.6 is 35.0 Å². The van der Waals surface area contributed by atoms with Gasteiger partial charge in [-0.25, -0.2) is 4.68 Å². The van der Waals surface area contributed by atoms with Crippen LogP contribution in [0.25, 0.3) is 0 Å². The molecule has 0 bridgehead atoms. The molecule has 126 valence electrons. The van der Waals surface area contributed by atoms with Gasteiger partial charge in [-0.15, -0.1) is 5.10 Å². The zero-order valence-electron chi connectivity index (χ0n) is 13.1. The minimum absolute atomic E-state index is 0.544. The highest BCUT2D eigenvalue weighted by Gasteiger charge is 2.10. The molecule has 9 heteroatoms. The number of benzene rings is 1. The fraction of sp³-hybridized carbons (Fsp3) is 0.500. The van der Waals surface area contributed by atoms with Crippen molar-refractivity contribution in [2.24, 2.45) is 7.05 Å². The Morgan fingerprint density at radius 2 is 2.17 bits per heavy atom. The van der Waals surface area contributed by atoms with Gasteiger partial charge in [0.1, 0.15) is 5.75 Å². The van der Waals surface area contributed by atoms with Crippen LogP contribution in [0.4, 0.5) is 0 Å². The molecular weight excluding hydrogens is 357 g/mol. The number of halogens is 2. The van der Waals surface area contributed by atoms with Gasteiger partial charge in [0.2, 0.25) is 5.16 Å². The van der Waals surface area contributed by atoms with Crippen LogP contribution in [0.2, 0.25) is 10.0 Å². The SMILES string of the molecule is CCCOc1c(Cl)cc(Cl)cc1CNCCSc1nnnn1C. The van der Waals surface area contributed by atoms with E-state index in [1.807, 2.05) is 13.1 Å². The second kappa shape index (κ2) is 9.32. The molecule has 1 aromatic carbocycles. The summed E-state index contributed by atoms with van der Waals surface area (Å²) in [6.07, 6.45) is 0.925. The monoisotopic (exact) mass is 375 g/mol. The van der Waals surface area contributed by atoms with Crippen molar-refractivity contribution >= 4 is 35.0 Å². The predicted octanol–water partition coefficient (Wildman–Crippen LogP) is 3.19. The first-order chi connectivity index (χ1) is 11.1. The van der Waals surface area contributed by atoms with Crippen LogP contribution in [0.1, 0.15) is 18.9 Å². The topological polar surface area (TPSA) is 64.9 Å². The zero-order chi connectivity index (χ0) is 16.7. The first kappa shape index (κ1) is 18.3. The molecule has 0 spiro atoms. The number of hydrogen-bond donors (Lipinski definition) is 1. The summed E-state index contributed by atoms with van der Waals surface area (Å²) in [5, 5.41) is 16.6. The summed E-state index contributed by atoms with van der Waals surface area (Å²) >= 11 is 13.9. The minimum atomic E-state index is 0.544. The van der Waals surface area contributed by atoms with Crippen molar-refractivity contribution < 1.29 is 4.74 Å². The van der Waals surface area contributed by atoms with Crippen molar-refractivity contribution in [3.05, 3.63) is 27.7 Å². The van der Waals surface area contributed by atoms with Crippen molar-refractivity contribution in [2.75, 3.05) is 18.9 Å². The third kappa shape index (κ3) is 5.53. The average Bonchev–Trinajstić information content (AvgIpc) is 2.91. The Morgan fingerprint density at radius 1 is 1.35 bits per heavy atom. The molecule has 0 fully saturated rings. The van der Waals surface area contributed by atoms with Crippen molar-refractivity contribution in [3.8, 4) is 5.75 Å². The maximum atomic E-state index is 6.23. The highest BCUT2D eigenvalue weighted by molar-refractivity contribution is 7.99. The lowest BCUT2D eigenvalue weighted by Crippen LogP contribution is -2.17. The summed E-state index contributed by atoms with van der Waals surface area (Å²) in [5.74, 6) is 1.56. The Morgan fingerprint density at radius 3 is 2.87 bits per heavy atom. The Balaban J connectivity index is 1.85. The first-order valence-electron chi connectivity index (χ1n) is 7.28. The highest BCUT2D eigenvalue weighted by atomic mass is 35.5. The van der Waals surface area contributed by atoms with E-state index in [-0.39, 0.29) is 0 Å². The first-order valence-corrected chi connectivity index (χ1v) is 9.02. The van der Waals surface area contributed by atoms with Gasteiger partial charge in [-0.2, -0.15) is 0 Å². The fourth-order valence-electron chi connectivity index (χ4n) is 1.89. The largest absolute Gasteiger partial charge is 0.492 e. The molecular formula is C14H19Cl2N5OS. The number of nitrogens with one attached hydrogen (secondary N) is 1. The van der Waals surface area contributed by atoms with Gasteiger partial charge in [-0.3, -0.25) is 0 Å². The average molecular weight is 376 g/mol. The minimum Gasteiger partial charge on any atom is -0.492 e. The van der Waals surface area contributed by atoms with E-state index < -0.39 is 0 Å². The molecule has 0 aliphatic heterocycles. The lowest BCUT2D eigenvalue weighted by Gasteiger charge is -2.14. The van der Waals surface area contributed by atoms with E-state index in [2.05, 4.69) is 27.8 Å². The summed E-state index contributed by atoms with van der Waals surface area (Å²) in [5.41, 5.74) is 0.960. The zero-order valence-corrected chi connectivity index (χ0v) is 15.4. The number of hydrogen-bond acceptors (Lipinski definition) is 6. The van der Waals surface area contributed by atoms with E-state index in [0.717, 1.165) is 29.4 Å². The van der Waals surface area contributed by atoms with Gasteiger partial charge < -0.3 is 10.1 Å². The molecule has 0 saturated carbocycles. The molecule has 1 heterocycles. The quantitative estimate of drug-likeness (QED) is 0.536. The molecule has 0 atom stereocenters. The summed E-state index contributed by atoms with van der Waals surface area (Å²) in [6.45, 7) is 4.12. The maximum absolute atomic E-state index is 6.23. The van der Waals surface area contributed by atoms with E-state index in [1.165, 1.54) is 0 Å². The van der Waals surface area contributed by atoms with Crippen molar-refractivity contribution in [2.45, 2.75) is 25.0 Å². The van der Waals surface area contributed by atoms with E-state index in [4.69, 9.17) is 27.9 Å². The molecule has 0 saturated heterocycles. The van der Waals surface area contributed by atoms with Gasteiger partial charge in [-0.05, 0) is 29.0 Å². The molecule has 0 aliphatic carbocycles. The number of thioether (sulfide) groups is 1. The van der Waals surface area contributed by atoms with E-state index in [0.29, 0.717) is 28.9 Å². The summed E-state index contributed by atoms with van der Waals surface area (Å²) in [7, 11) is 1.82. The van der Waals surface area contributed by atoms with Gasteiger partial charge in [0.25, 0.3) is 0 Å². The molecule has 0 unspecified atom stereocenters. The van der Waals surface area contributed by atoms with E-state index >= 15 is 0 Å². The Labute approximate surface area is 149 Å². The second-order valence-electron chi connectivity index (χ2n) is 4.83. The number of rotatable bonds is 9. The second-order valence-corrected chi connectivity index (χ2v) is 6.74. The summed E-state index contributed by atoms with van der Waals surface area (Å²) in [6, 6.07) is 3.58. The molecule has 0 radical (unpaired) electrons. The number of tetrazole rings is 1.